The van der Waals surface area contributed by atoms with Crippen LogP contribution in [0.1, 0.15) is 0 Å². The number of thioether (sulfide) groups is 2. The van der Waals surface area contributed by atoms with Crippen molar-refractivity contribution in [2.24, 2.45) is 0 Å². The number of carbonyl (C=O) groups is 1. The molecule has 0 bridgehead atoms. The molecule has 1 aromatic heterocycles. The maximum absolute atomic E-state index is 13.2. The summed E-state index contributed by atoms with van der Waals surface area (Å²) in [6.07, 6.45) is 8.39. The van der Waals surface area contributed by atoms with Gasteiger partial charge in [0.1, 0.15) is 0 Å². The summed E-state index contributed by atoms with van der Waals surface area (Å²) in [6, 6.07) is 16.1. The van der Waals surface area contributed by atoms with Gasteiger partial charge < -0.3 is 9.88 Å². The number of aromatic nitrogens is 2. The normalized spacial score (nSPS) is 20.5. The second-order valence-electron chi connectivity index (χ2n) is 6.42. The van der Waals surface area contributed by atoms with Crippen molar-refractivity contribution in [2.45, 2.75) is 21.3 Å². The summed E-state index contributed by atoms with van der Waals surface area (Å²) in [4.78, 5) is 24.1. The van der Waals surface area contributed by atoms with Crippen LogP contribution in [0.15, 0.2) is 82.9 Å². The first kappa shape index (κ1) is 16.7. The predicted octanol–water partition coefficient (Wildman–Crippen LogP) is 4.66. The molecule has 2 aromatic carbocycles. The van der Waals surface area contributed by atoms with Gasteiger partial charge in [-0.3, -0.25) is 4.79 Å². The SMILES string of the molecule is O=C(CSc1nc2ccccc2[nH]1)N1c2ccccc2S[C@H]2C=CC=C[C@H]21. The number of amides is 1. The van der Waals surface area contributed by atoms with Crippen molar-refractivity contribution < 1.29 is 4.79 Å². The number of H-pyrrole nitrogens is 1. The highest BCUT2D eigenvalue weighted by Crippen LogP contribution is 2.43. The van der Waals surface area contributed by atoms with E-state index in [0.29, 0.717) is 5.75 Å². The summed E-state index contributed by atoms with van der Waals surface area (Å²) in [5, 5.41) is 1.03. The van der Waals surface area contributed by atoms with Crippen LogP contribution in [-0.4, -0.2) is 32.9 Å². The summed E-state index contributed by atoms with van der Waals surface area (Å²) in [5.41, 5.74) is 2.92. The van der Waals surface area contributed by atoms with Crippen LogP contribution in [0, 0.1) is 0 Å². The summed E-state index contributed by atoms with van der Waals surface area (Å²) >= 11 is 3.28. The van der Waals surface area contributed by atoms with Crippen LogP contribution >= 0.6 is 23.5 Å². The number of fused-ring (bicyclic) bond motifs is 3. The molecule has 0 radical (unpaired) electrons. The first-order valence-electron chi connectivity index (χ1n) is 8.80. The van der Waals surface area contributed by atoms with Crippen LogP contribution in [0.3, 0.4) is 0 Å². The Morgan fingerprint density at radius 1 is 1.11 bits per heavy atom. The van der Waals surface area contributed by atoms with E-state index in [0.717, 1.165) is 26.8 Å². The molecule has 2 aliphatic rings. The lowest BCUT2D eigenvalue weighted by molar-refractivity contribution is -0.116. The number of aromatic amines is 1. The maximum Gasteiger partial charge on any atom is 0.238 e. The number of nitrogens with one attached hydrogen (secondary N) is 1. The molecule has 2 heterocycles. The lowest BCUT2D eigenvalue weighted by Crippen LogP contribution is -2.48. The first-order valence-corrected chi connectivity index (χ1v) is 10.7. The molecule has 0 spiro atoms. The quantitative estimate of drug-likeness (QED) is 0.660. The molecule has 0 unspecified atom stereocenters. The fourth-order valence-electron chi connectivity index (χ4n) is 3.48. The van der Waals surface area contributed by atoms with Crippen LogP contribution in [0.4, 0.5) is 5.69 Å². The van der Waals surface area contributed by atoms with E-state index in [1.165, 1.54) is 11.8 Å². The lowest BCUT2D eigenvalue weighted by atomic mass is 10.0. The Morgan fingerprint density at radius 3 is 2.85 bits per heavy atom. The largest absolute Gasteiger partial charge is 0.333 e. The van der Waals surface area contributed by atoms with Gasteiger partial charge in [-0.25, -0.2) is 4.98 Å². The van der Waals surface area contributed by atoms with E-state index in [1.54, 1.807) is 0 Å². The highest BCUT2D eigenvalue weighted by Gasteiger charge is 2.36. The summed E-state index contributed by atoms with van der Waals surface area (Å²) in [5.74, 6) is 0.447. The van der Waals surface area contributed by atoms with Gasteiger partial charge in [0.25, 0.3) is 0 Å². The molecule has 2 atom stereocenters. The standard InChI is InChI=1S/C21H17N3OS2/c25-20(13-26-21-22-14-7-1-2-8-15(14)23-21)24-16-9-3-5-11-18(16)27-19-12-6-4-10-17(19)24/h1-12,16,18H,13H2,(H,22,23)/t16-,18+/m1/s1. The summed E-state index contributed by atoms with van der Waals surface area (Å²) in [7, 11) is 0. The number of imidazole rings is 1. The molecule has 1 aliphatic heterocycles. The summed E-state index contributed by atoms with van der Waals surface area (Å²) in [6.45, 7) is 0. The van der Waals surface area contributed by atoms with E-state index in [-0.39, 0.29) is 17.2 Å². The van der Waals surface area contributed by atoms with Crippen molar-refractivity contribution in [3.05, 3.63) is 72.8 Å². The van der Waals surface area contributed by atoms with Crippen molar-refractivity contribution in [3.8, 4) is 0 Å². The van der Waals surface area contributed by atoms with Crippen LogP contribution in [0.2, 0.25) is 0 Å². The fourth-order valence-corrected chi connectivity index (χ4v) is 5.48. The molecule has 0 saturated heterocycles. The van der Waals surface area contributed by atoms with Crippen molar-refractivity contribution in [1.29, 1.82) is 0 Å². The van der Waals surface area contributed by atoms with Crippen molar-refractivity contribution >= 4 is 46.2 Å². The van der Waals surface area contributed by atoms with Crippen molar-refractivity contribution in [2.75, 3.05) is 10.7 Å². The molecule has 6 heteroatoms. The highest BCUT2D eigenvalue weighted by atomic mass is 32.2. The predicted molar refractivity (Wildman–Crippen MR) is 112 cm³/mol. The van der Waals surface area contributed by atoms with E-state index in [2.05, 4.69) is 34.3 Å². The molecule has 5 rings (SSSR count). The minimum Gasteiger partial charge on any atom is -0.333 e. The Morgan fingerprint density at radius 2 is 1.93 bits per heavy atom. The number of para-hydroxylation sites is 3. The zero-order chi connectivity index (χ0) is 18.2. The highest BCUT2D eigenvalue weighted by molar-refractivity contribution is 8.00. The smallest absolute Gasteiger partial charge is 0.238 e. The molecule has 1 amide bonds. The van der Waals surface area contributed by atoms with Crippen molar-refractivity contribution in [1.82, 2.24) is 9.97 Å². The third-order valence-corrected chi connectivity index (χ3v) is 6.88. The van der Waals surface area contributed by atoms with Crippen LogP contribution < -0.4 is 4.90 Å². The molecule has 134 valence electrons. The average Bonchev–Trinajstić information content (AvgIpc) is 3.13. The maximum atomic E-state index is 13.2. The Labute approximate surface area is 165 Å². The average molecular weight is 392 g/mol. The first-order chi connectivity index (χ1) is 13.3. The number of hydrogen-bond acceptors (Lipinski definition) is 4. The van der Waals surface area contributed by atoms with Gasteiger partial charge in [-0.05, 0) is 24.3 Å². The molecule has 0 fully saturated rings. The Kier molecular flexibility index (Phi) is 4.30. The number of carbonyl (C=O) groups excluding carboxylic acids is 1. The number of rotatable bonds is 3. The zero-order valence-electron chi connectivity index (χ0n) is 14.4. The topological polar surface area (TPSA) is 49.0 Å². The lowest BCUT2D eigenvalue weighted by Gasteiger charge is -2.40. The summed E-state index contributed by atoms with van der Waals surface area (Å²) < 4.78 is 0. The van der Waals surface area contributed by atoms with Gasteiger partial charge >= 0.3 is 0 Å². The van der Waals surface area contributed by atoms with E-state index in [1.807, 2.05) is 65.2 Å². The number of allylic oxidation sites excluding steroid dienone is 2. The molecule has 3 aromatic rings. The minimum atomic E-state index is 0.0543. The molecule has 4 nitrogen and oxygen atoms in total. The van der Waals surface area contributed by atoms with Crippen molar-refractivity contribution in [3.63, 3.8) is 0 Å². The van der Waals surface area contributed by atoms with E-state index < -0.39 is 0 Å². The Hall–Kier alpha value is -2.44. The Bertz CT molecular complexity index is 1040. The fraction of sp³-hybridized carbons (Fsp3) is 0.143. The second kappa shape index (κ2) is 6.94. The van der Waals surface area contributed by atoms with Gasteiger partial charge in [0.05, 0.1) is 33.8 Å². The van der Waals surface area contributed by atoms with Gasteiger partial charge in [-0.15, -0.1) is 11.8 Å². The van der Waals surface area contributed by atoms with E-state index in [9.17, 15) is 4.79 Å². The van der Waals surface area contributed by atoms with Gasteiger partial charge in [0.15, 0.2) is 5.16 Å². The van der Waals surface area contributed by atoms with Crippen LogP contribution in [-0.2, 0) is 4.79 Å². The molecule has 1 aliphatic carbocycles. The van der Waals surface area contributed by atoms with Crippen LogP contribution in [0.5, 0.6) is 0 Å². The second-order valence-corrected chi connectivity index (χ2v) is 8.61. The number of benzene rings is 2. The van der Waals surface area contributed by atoms with Gasteiger partial charge in [-0.1, -0.05) is 60.3 Å². The minimum absolute atomic E-state index is 0.0543. The van der Waals surface area contributed by atoms with Gasteiger partial charge in [0, 0.05) is 4.90 Å². The monoisotopic (exact) mass is 391 g/mol. The molecule has 0 saturated carbocycles. The molecule has 27 heavy (non-hydrogen) atoms. The Balaban J connectivity index is 1.41. The molecular weight excluding hydrogens is 374 g/mol. The van der Waals surface area contributed by atoms with Gasteiger partial charge in [0.2, 0.25) is 5.91 Å². The van der Waals surface area contributed by atoms with E-state index in [4.69, 9.17) is 0 Å². The third kappa shape index (κ3) is 3.09. The zero-order valence-corrected chi connectivity index (χ0v) is 16.0. The van der Waals surface area contributed by atoms with E-state index >= 15 is 0 Å². The third-order valence-electron chi connectivity index (χ3n) is 4.71. The van der Waals surface area contributed by atoms with Crippen LogP contribution in [0.25, 0.3) is 11.0 Å². The number of hydrogen-bond donors (Lipinski definition) is 1. The van der Waals surface area contributed by atoms with Gasteiger partial charge in [-0.2, -0.15) is 0 Å². The number of nitrogens with zero attached hydrogens (tertiary/aromatic N) is 2. The number of anilines is 1. The molecule has 1 N–H and O–H groups in total. The molecular formula is C21H17N3OS2.